The molecule has 38 heavy (non-hydrogen) atoms. The van der Waals surface area contributed by atoms with Gasteiger partial charge in [-0.1, -0.05) is 12.1 Å². The average Bonchev–Trinajstić information content (AvgIpc) is 2.98. The van der Waals surface area contributed by atoms with E-state index >= 15 is 0 Å². The summed E-state index contributed by atoms with van der Waals surface area (Å²) in [5.74, 6) is -0.780. The highest BCUT2D eigenvalue weighted by Crippen LogP contribution is 2.35. The fraction of sp³-hybridized carbons (Fsp3) is 0.607. The van der Waals surface area contributed by atoms with Crippen LogP contribution in [0, 0.1) is 13.7 Å². The Morgan fingerprint density at radius 3 is 2.37 bits per heavy atom. The van der Waals surface area contributed by atoms with E-state index in [9.17, 15) is 19.3 Å². The molecule has 4 rings (SSSR count). The highest BCUT2D eigenvalue weighted by atomic mass is 19.4. The second kappa shape index (κ2) is 11.3. The molecule has 2 saturated heterocycles. The maximum Gasteiger partial charge on any atom is 0.416 e. The van der Waals surface area contributed by atoms with Crippen molar-refractivity contribution in [2.45, 2.75) is 64.2 Å². The number of piperidine rings is 1. The molecule has 2 aromatic rings. The van der Waals surface area contributed by atoms with E-state index in [1.807, 2.05) is 13.8 Å². The topological polar surface area (TPSA) is 61.8 Å². The van der Waals surface area contributed by atoms with Gasteiger partial charge in [-0.25, -0.2) is 9.97 Å². The molecule has 2 aliphatic heterocycles. The number of benzene rings is 1. The lowest BCUT2D eigenvalue weighted by Gasteiger charge is -2.52. The first-order valence-electron chi connectivity index (χ1n) is 17.4. The molecule has 0 spiro atoms. The largest absolute Gasteiger partial charge is 0.416 e. The smallest absolute Gasteiger partial charge is 0.383 e. The first-order chi connectivity index (χ1) is 21.9. The number of amides is 1. The lowest BCUT2D eigenvalue weighted by Crippen LogP contribution is -2.62. The van der Waals surface area contributed by atoms with Crippen LogP contribution in [0.25, 0.3) is 0 Å². The summed E-state index contributed by atoms with van der Waals surface area (Å²) in [7, 11) is -2.83. The van der Waals surface area contributed by atoms with Gasteiger partial charge < -0.3 is 9.64 Å². The van der Waals surface area contributed by atoms with Crippen LogP contribution < -0.4 is 0 Å². The molecule has 0 radical (unpaired) electrons. The number of ether oxygens (including phenoxy) is 1. The van der Waals surface area contributed by atoms with Crippen molar-refractivity contribution >= 4 is 5.91 Å². The summed E-state index contributed by atoms with van der Waals surface area (Å²) in [6, 6.07) is 1.85. The molecule has 1 aromatic carbocycles. The number of carbonyl (C=O) groups is 1. The van der Waals surface area contributed by atoms with Gasteiger partial charge >= 0.3 is 6.18 Å². The number of aromatic nitrogens is 2. The number of likely N-dealkylation sites (tertiary alicyclic amines) is 1. The van der Waals surface area contributed by atoms with Gasteiger partial charge in [0, 0.05) is 59.6 Å². The van der Waals surface area contributed by atoms with Gasteiger partial charge in [0.2, 0.25) is 0 Å². The average molecular weight is 544 g/mol. The second-order valence-electron chi connectivity index (χ2n) is 10.0. The van der Waals surface area contributed by atoms with E-state index in [0.29, 0.717) is 25.9 Å². The van der Waals surface area contributed by atoms with E-state index in [0.717, 1.165) is 18.5 Å². The zero-order valence-corrected chi connectivity index (χ0v) is 21.3. The van der Waals surface area contributed by atoms with Crippen LogP contribution >= 0.6 is 0 Å². The van der Waals surface area contributed by atoms with E-state index in [4.69, 9.17) is 17.1 Å². The Hall–Kier alpha value is -2.56. The number of carbonyl (C=O) groups excluding carboxylic acids is 1. The molecule has 0 aliphatic carbocycles. The van der Waals surface area contributed by atoms with Crippen molar-refractivity contribution in [3.8, 4) is 0 Å². The minimum absolute atomic E-state index is 0.149. The summed E-state index contributed by atoms with van der Waals surface area (Å²) in [5, 5.41) is 0. The fourth-order valence-corrected chi connectivity index (χ4v) is 5.35. The standard InChI is InChI=1S/C28H38F3N5O2/c1-19-16-35(14-15-36(19)24(17-38-5)22-6-8-23(9-7-22)28(29,30)31)27(4)10-12-34(13-11-27)26(37)25-20(2)32-18-33-21(25)3/h6-9,18-19,24H,10-17H2,1-5H3/t19-,24-/m0/s1/i2D3,3D3,5D3,24D. The fourth-order valence-electron chi connectivity index (χ4n) is 5.35. The van der Waals surface area contributed by atoms with Crippen LogP contribution in [-0.4, -0.2) is 88.5 Å². The predicted molar refractivity (Wildman–Crippen MR) is 139 cm³/mol. The van der Waals surface area contributed by atoms with E-state index in [1.165, 1.54) is 17.0 Å². The quantitative estimate of drug-likeness (QED) is 0.535. The summed E-state index contributed by atoms with van der Waals surface area (Å²) in [6.45, 7) is -1.06. The Morgan fingerprint density at radius 1 is 1.16 bits per heavy atom. The summed E-state index contributed by atoms with van der Waals surface area (Å²) >= 11 is 0. The number of hydrogen-bond acceptors (Lipinski definition) is 6. The Morgan fingerprint density at radius 2 is 1.82 bits per heavy atom. The van der Waals surface area contributed by atoms with Crippen LogP contribution in [0.15, 0.2) is 30.6 Å². The molecule has 1 amide bonds. The van der Waals surface area contributed by atoms with E-state index in [1.54, 1.807) is 4.90 Å². The summed E-state index contributed by atoms with van der Waals surface area (Å²) < 4.78 is 124. The van der Waals surface area contributed by atoms with Crippen LogP contribution in [0.1, 0.15) is 79.3 Å². The van der Waals surface area contributed by atoms with Crippen LogP contribution in [0.2, 0.25) is 0 Å². The zero-order valence-electron chi connectivity index (χ0n) is 31.3. The minimum atomic E-state index is -4.59. The van der Waals surface area contributed by atoms with Gasteiger partial charge in [-0.2, -0.15) is 13.2 Å². The maximum atomic E-state index is 13.7. The first kappa shape index (κ1) is 17.9. The van der Waals surface area contributed by atoms with Crippen molar-refractivity contribution in [1.82, 2.24) is 24.7 Å². The van der Waals surface area contributed by atoms with Crippen LogP contribution in [0.5, 0.6) is 0 Å². The number of aryl methyl sites for hydroxylation is 2. The maximum absolute atomic E-state index is 13.7. The Labute approximate surface area is 237 Å². The molecule has 0 bridgehead atoms. The predicted octanol–water partition coefficient (Wildman–Crippen LogP) is 4.50. The molecule has 3 heterocycles. The number of hydrogen-bond donors (Lipinski definition) is 0. The van der Waals surface area contributed by atoms with Crippen LogP contribution in [-0.2, 0) is 10.9 Å². The van der Waals surface area contributed by atoms with E-state index in [-0.39, 0.29) is 31.2 Å². The third-order valence-corrected chi connectivity index (χ3v) is 7.68. The van der Waals surface area contributed by atoms with Gasteiger partial charge in [0.05, 0.1) is 40.6 Å². The second-order valence-corrected chi connectivity index (χ2v) is 10.0. The Kier molecular flexibility index (Phi) is 5.32. The first-order valence-corrected chi connectivity index (χ1v) is 12.4. The lowest BCUT2D eigenvalue weighted by molar-refractivity contribution is -0.137. The summed E-state index contributed by atoms with van der Waals surface area (Å²) in [4.78, 5) is 26.5. The number of piperazine rings is 1. The molecular formula is C28H38F3N5O2. The number of nitrogens with zero attached hydrogens (tertiary/aromatic N) is 5. The highest BCUT2D eigenvalue weighted by molar-refractivity contribution is 5.96. The molecular weight excluding hydrogens is 495 g/mol. The van der Waals surface area contributed by atoms with Crippen molar-refractivity contribution in [2.75, 3.05) is 46.4 Å². The third-order valence-electron chi connectivity index (χ3n) is 7.68. The van der Waals surface area contributed by atoms with Crippen molar-refractivity contribution in [1.29, 1.82) is 0 Å². The summed E-state index contributed by atoms with van der Waals surface area (Å²) in [6.07, 6.45) is -2.87. The molecule has 0 saturated carbocycles. The number of halogens is 3. The number of methoxy groups -OCH3 is 1. The van der Waals surface area contributed by atoms with E-state index < -0.39 is 73.5 Å². The molecule has 0 N–H and O–H groups in total. The monoisotopic (exact) mass is 543 g/mol. The summed E-state index contributed by atoms with van der Waals surface area (Å²) in [5.41, 5.74) is -3.00. The highest BCUT2D eigenvalue weighted by Gasteiger charge is 2.41. The molecule has 1 aromatic heterocycles. The van der Waals surface area contributed by atoms with Crippen molar-refractivity contribution in [2.24, 2.45) is 0 Å². The van der Waals surface area contributed by atoms with Crippen LogP contribution in [0.3, 0.4) is 0 Å². The Balaban J connectivity index is 1.52. The van der Waals surface area contributed by atoms with Gasteiger partial charge in [0.25, 0.3) is 5.91 Å². The van der Waals surface area contributed by atoms with Crippen molar-refractivity contribution < 1.29 is 36.4 Å². The molecule has 10 heteroatoms. The van der Waals surface area contributed by atoms with Gasteiger partial charge in [-0.05, 0) is 58.1 Å². The van der Waals surface area contributed by atoms with Gasteiger partial charge in [-0.15, -0.1) is 0 Å². The Bertz CT molecular complexity index is 1430. The van der Waals surface area contributed by atoms with Gasteiger partial charge in [0.1, 0.15) is 6.33 Å². The van der Waals surface area contributed by atoms with Gasteiger partial charge in [0.15, 0.2) is 0 Å². The van der Waals surface area contributed by atoms with E-state index in [2.05, 4.69) is 14.9 Å². The van der Waals surface area contributed by atoms with Gasteiger partial charge in [-0.3, -0.25) is 14.6 Å². The zero-order chi connectivity index (χ0) is 36.1. The molecule has 0 unspecified atom stereocenters. The lowest BCUT2D eigenvalue weighted by atomic mass is 9.86. The molecule has 7 nitrogen and oxygen atoms in total. The van der Waals surface area contributed by atoms with Crippen LogP contribution in [0.4, 0.5) is 13.2 Å². The molecule has 2 atom stereocenters. The SMILES string of the molecule is [2H]C([2H])([2H])OC[C@@]([2H])(c1ccc(C(F)(F)F)cc1)N1CCN(C2(C)CCN(C(=O)c3c(C([2H])([2H])[2H])ncnc3C([2H])([2H])[2H])CC2)C[C@@H]1C. The normalized spacial score (nSPS) is 27.6. The third kappa shape index (κ3) is 5.87. The van der Waals surface area contributed by atoms with Crippen molar-refractivity contribution in [3.05, 3.63) is 58.7 Å². The van der Waals surface area contributed by atoms with Crippen molar-refractivity contribution in [3.63, 3.8) is 0 Å². The number of alkyl halides is 3. The molecule has 208 valence electrons. The minimum Gasteiger partial charge on any atom is -0.383 e. The molecule has 2 aliphatic rings. The molecule has 2 fully saturated rings. The number of rotatable bonds is 6.